The fourth-order valence-electron chi connectivity index (χ4n) is 1.91. The maximum atomic E-state index is 12.5. The predicted molar refractivity (Wildman–Crippen MR) is 73.3 cm³/mol. The summed E-state index contributed by atoms with van der Waals surface area (Å²) in [5.74, 6) is 0.0164. The molecule has 0 aliphatic heterocycles. The molecule has 0 unspecified atom stereocenters. The van der Waals surface area contributed by atoms with Gasteiger partial charge in [-0.2, -0.15) is 13.2 Å². The van der Waals surface area contributed by atoms with Gasteiger partial charge in [-0.25, -0.2) is 9.78 Å². The molecule has 0 atom stereocenters. The largest absolute Gasteiger partial charge is 0.416 e. The topological polar surface area (TPSA) is 43.1 Å². The van der Waals surface area contributed by atoms with Crippen LogP contribution in [0.5, 0.6) is 0 Å². The number of thiophene rings is 1. The first-order valence-corrected chi connectivity index (χ1v) is 6.81. The van der Waals surface area contributed by atoms with Crippen molar-refractivity contribution in [3.63, 3.8) is 0 Å². The van der Waals surface area contributed by atoms with Gasteiger partial charge in [0.15, 0.2) is 0 Å². The van der Waals surface area contributed by atoms with Gasteiger partial charge in [-0.15, -0.1) is 11.3 Å². The highest BCUT2D eigenvalue weighted by molar-refractivity contribution is 7.17. The van der Waals surface area contributed by atoms with Crippen molar-refractivity contribution in [1.82, 2.24) is 4.98 Å². The summed E-state index contributed by atoms with van der Waals surface area (Å²) < 4.78 is 43.0. The van der Waals surface area contributed by atoms with Gasteiger partial charge in [-0.1, -0.05) is 0 Å². The zero-order chi connectivity index (χ0) is 15.2. The molecule has 7 heteroatoms. The van der Waals surface area contributed by atoms with Crippen LogP contribution in [0.2, 0.25) is 0 Å². The number of aryl methyl sites for hydroxylation is 1. The maximum absolute atomic E-state index is 12.5. The minimum absolute atomic E-state index is 0.0164. The monoisotopic (exact) mass is 311 g/mol. The first-order chi connectivity index (χ1) is 9.86. The lowest BCUT2D eigenvalue weighted by Crippen LogP contribution is -2.04. The average Bonchev–Trinajstić information content (AvgIpc) is 2.80. The van der Waals surface area contributed by atoms with Crippen LogP contribution in [-0.4, -0.2) is 4.98 Å². The van der Waals surface area contributed by atoms with E-state index in [-0.39, 0.29) is 5.89 Å². The Morgan fingerprint density at radius 1 is 1.19 bits per heavy atom. The summed E-state index contributed by atoms with van der Waals surface area (Å²) >= 11 is 1.23. The van der Waals surface area contributed by atoms with Crippen LogP contribution in [0.4, 0.5) is 13.2 Å². The second kappa shape index (κ2) is 4.70. The minimum atomic E-state index is -4.40. The van der Waals surface area contributed by atoms with E-state index in [0.29, 0.717) is 15.8 Å². The van der Waals surface area contributed by atoms with Crippen LogP contribution in [0.3, 0.4) is 0 Å². The average molecular weight is 311 g/mol. The van der Waals surface area contributed by atoms with Gasteiger partial charge >= 0.3 is 11.8 Å². The minimum Gasteiger partial charge on any atom is -0.403 e. The zero-order valence-corrected chi connectivity index (χ0v) is 11.5. The summed E-state index contributed by atoms with van der Waals surface area (Å²) in [6, 6.07) is 4.34. The molecule has 0 saturated carbocycles. The summed E-state index contributed by atoms with van der Waals surface area (Å²) in [7, 11) is 0. The number of alkyl halides is 3. The van der Waals surface area contributed by atoms with Gasteiger partial charge in [-0.3, -0.25) is 0 Å². The molecule has 0 bridgehead atoms. The van der Waals surface area contributed by atoms with E-state index in [1.807, 2.05) is 6.92 Å². The van der Waals surface area contributed by atoms with E-state index in [9.17, 15) is 18.0 Å². The van der Waals surface area contributed by atoms with E-state index in [4.69, 9.17) is 4.42 Å². The summed E-state index contributed by atoms with van der Waals surface area (Å²) in [5, 5.41) is 1.78. The number of hydrogen-bond donors (Lipinski definition) is 0. The molecule has 0 fully saturated rings. The molecular weight excluding hydrogens is 303 g/mol. The third-order valence-electron chi connectivity index (χ3n) is 2.99. The highest BCUT2D eigenvalue weighted by Gasteiger charge is 2.30. The van der Waals surface area contributed by atoms with E-state index in [1.54, 1.807) is 5.38 Å². The third-order valence-corrected chi connectivity index (χ3v) is 4.06. The maximum Gasteiger partial charge on any atom is 0.416 e. The molecule has 2 aromatic heterocycles. The molecule has 3 aromatic rings. The Morgan fingerprint density at radius 3 is 2.48 bits per heavy atom. The molecule has 3 nitrogen and oxygen atoms in total. The highest BCUT2D eigenvalue weighted by atomic mass is 32.1. The lowest BCUT2D eigenvalue weighted by atomic mass is 10.1. The lowest BCUT2D eigenvalue weighted by Gasteiger charge is -2.06. The first-order valence-electron chi connectivity index (χ1n) is 5.93. The molecule has 0 aliphatic rings. The Bertz CT molecular complexity index is 863. The number of nitrogens with zero attached hydrogens (tertiary/aromatic N) is 1. The third kappa shape index (κ3) is 2.44. The zero-order valence-electron chi connectivity index (χ0n) is 10.7. The summed E-state index contributed by atoms with van der Waals surface area (Å²) in [6.07, 6.45) is -4.40. The molecule has 1 aromatic carbocycles. The van der Waals surface area contributed by atoms with Gasteiger partial charge in [0.05, 0.1) is 11.1 Å². The van der Waals surface area contributed by atoms with Gasteiger partial charge in [0.2, 0.25) is 5.89 Å². The summed E-state index contributed by atoms with van der Waals surface area (Å²) in [6.45, 7) is 1.81. The molecule has 108 valence electrons. The van der Waals surface area contributed by atoms with Gasteiger partial charge < -0.3 is 4.42 Å². The fourth-order valence-corrected chi connectivity index (χ4v) is 2.77. The van der Waals surface area contributed by atoms with Crippen molar-refractivity contribution < 1.29 is 17.6 Å². The Labute approximate surface area is 120 Å². The van der Waals surface area contributed by atoms with E-state index in [0.717, 1.165) is 17.7 Å². The second-order valence-electron chi connectivity index (χ2n) is 4.48. The molecule has 0 spiro atoms. The Morgan fingerprint density at radius 2 is 1.86 bits per heavy atom. The number of rotatable bonds is 1. The van der Waals surface area contributed by atoms with E-state index in [2.05, 4.69) is 4.98 Å². The standard InChI is InChI=1S/C14H8F3NO2S/c1-7-6-21-11-10(7)18-12(20-13(11)19)8-2-4-9(5-3-8)14(15,16)17/h2-6H,1H3. The molecular formula is C14H8F3NO2S. The summed E-state index contributed by atoms with van der Waals surface area (Å²) in [4.78, 5) is 16.1. The van der Waals surface area contributed by atoms with Crippen LogP contribution in [0, 0.1) is 6.92 Å². The van der Waals surface area contributed by atoms with Crippen molar-refractivity contribution >= 4 is 21.6 Å². The molecule has 21 heavy (non-hydrogen) atoms. The number of aromatic nitrogens is 1. The van der Waals surface area contributed by atoms with E-state index >= 15 is 0 Å². The molecule has 0 radical (unpaired) electrons. The molecule has 0 amide bonds. The number of halogens is 3. The highest BCUT2D eigenvalue weighted by Crippen LogP contribution is 2.31. The molecule has 3 rings (SSSR count). The lowest BCUT2D eigenvalue weighted by molar-refractivity contribution is -0.137. The van der Waals surface area contributed by atoms with Gasteiger partial charge in [0.25, 0.3) is 0 Å². The van der Waals surface area contributed by atoms with E-state index < -0.39 is 17.4 Å². The van der Waals surface area contributed by atoms with Crippen molar-refractivity contribution in [1.29, 1.82) is 0 Å². The molecule has 0 saturated heterocycles. The van der Waals surface area contributed by atoms with Crippen LogP contribution in [0.25, 0.3) is 21.7 Å². The van der Waals surface area contributed by atoms with Crippen LogP contribution < -0.4 is 5.63 Å². The smallest absolute Gasteiger partial charge is 0.403 e. The van der Waals surface area contributed by atoms with Gasteiger partial charge in [-0.05, 0) is 42.1 Å². The van der Waals surface area contributed by atoms with Crippen molar-refractivity contribution in [2.24, 2.45) is 0 Å². The molecule has 0 N–H and O–H groups in total. The normalized spacial score (nSPS) is 12.0. The fraction of sp³-hybridized carbons (Fsp3) is 0.143. The SMILES string of the molecule is Cc1csc2c(=O)oc(-c3ccc(C(F)(F)F)cc3)nc12. The van der Waals surface area contributed by atoms with Crippen LogP contribution in [0.15, 0.2) is 38.9 Å². The van der Waals surface area contributed by atoms with Crippen LogP contribution >= 0.6 is 11.3 Å². The Balaban J connectivity index is 2.12. The number of benzene rings is 1. The second-order valence-corrected chi connectivity index (χ2v) is 5.36. The molecule has 0 aliphatic carbocycles. The van der Waals surface area contributed by atoms with Crippen molar-refractivity contribution in [2.75, 3.05) is 0 Å². The van der Waals surface area contributed by atoms with Crippen LogP contribution in [0.1, 0.15) is 11.1 Å². The summed E-state index contributed by atoms with van der Waals surface area (Å²) in [5.41, 5.74) is 0.379. The number of hydrogen-bond acceptors (Lipinski definition) is 4. The van der Waals surface area contributed by atoms with Crippen molar-refractivity contribution in [3.8, 4) is 11.5 Å². The number of fused-ring (bicyclic) bond motifs is 1. The Kier molecular flexibility index (Phi) is 3.09. The van der Waals surface area contributed by atoms with Crippen molar-refractivity contribution in [3.05, 3.63) is 51.2 Å². The first kappa shape index (κ1) is 13.8. The predicted octanol–water partition coefficient (Wildman–Crippen LogP) is 4.24. The van der Waals surface area contributed by atoms with Crippen LogP contribution in [-0.2, 0) is 6.18 Å². The van der Waals surface area contributed by atoms with E-state index in [1.165, 1.54) is 23.5 Å². The Hall–Kier alpha value is -2.15. The quantitative estimate of drug-likeness (QED) is 0.675. The molecule has 2 heterocycles. The van der Waals surface area contributed by atoms with Gasteiger partial charge in [0, 0.05) is 5.56 Å². The van der Waals surface area contributed by atoms with Gasteiger partial charge in [0.1, 0.15) is 4.70 Å². The van der Waals surface area contributed by atoms with Crippen molar-refractivity contribution in [2.45, 2.75) is 13.1 Å².